The molecule has 130 valence electrons. The normalized spacial score (nSPS) is 21.8. The maximum Gasteiger partial charge on any atom is 0.321 e. The first-order valence-electron chi connectivity index (χ1n) is 9.00. The number of carbonyl (C=O) groups is 1. The van der Waals surface area contributed by atoms with Crippen LogP contribution < -0.4 is 14.8 Å². The second-order valence-corrected chi connectivity index (χ2v) is 6.72. The van der Waals surface area contributed by atoms with Gasteiger partial charge in [-0.1, -0.05) is 6.07 Å². The van der Waals surface area contributed by atoms with Crippen molar-refractivity contribution in [1.29, 1.82) is 0 Å². The van der Waals surface area contributed by atoms with E-state index in [4.69, 9.17) is 9.47 Å². The first kappa shape index (κ1) is 15.6. The number of carbonyl (C=O) groups excluding carboxylic acids is 1. The van der Waals surface area contributed by atoms with Gasteiger partial charge in [0.05, 0.1) is 5.69 Å². The minimum atomic E-state index is -0.0440. The second kappa shape index (κ2) is 6.89. The highest BCUT2D eigenvalue weighted by molar-refractivity contribution is 5.91. The topological polar surface area (TPSA) is 54.0 Å². The molecule has 1 aromatic carbocycles. The van der Waals surface area contributed by atoms with E-state index in [0.717, 1.165) is 25.9 Å². The first-order chi connectivity index (χ1) is 11.8. The van der Waals surface area contributed by atoms with Crippen LogP contribution in [-0.4, -0.2) is 61.3 Å². The third-order valence-corrected chi connectivity index (χ3v) is 5.22. The Labute approximate surface area is 142 Å². The van der Waals surface area contributed by atoms with Crippen molar-refractivity contribution in [1.82, 2.24) is 9.80 Å². The predicted octanol–water partition coefficient (Wildman–Crippen LogP) is 2.55. The molecule has 2 amide bonds. The van der Waals surface area contributed by atoms with Gasteiger partial charge in [0.15, 0.2) is 11.5 Å². The van der Waals surface area contributed by atoms with Crippen molar-refractivity contribution >= 4 is 11.7 Å². The number of nitrogens with one attached hydrogen (secondary N) is 1. The van der Waals surface area contributed by atoms with Gasteiger partial charge in [-0.25, -0.2) is 4.79 Å². The van der Waals surface area contributed by atoms with Gasteiger partial charge in [0.1, 0.15) is 13.2 Å². The Kier molecular flexibility index (Phi) is 4.47. The molecule has 2 fully saturated rings. The molecule has 0 aliphatic carbocycles. The fraction of sp³-hybridized carbons (Fsp3) is 0.611. The molecular formula is C18H25N3O3. The number of hydrogen-bond donors (Lipinski definition) is 1. The molecule has 0 spiro atoms. The van der Waals surface area contributed by atoms with E-state index in [9.17, 15) is 4.79 Å². The Morgan fingerprint density at radius 2 is 1.79 bits per heavy atom. The van der Waals surface area contributed by atoms with E-state index in [0.29, 0.717) is 36.4 Å². The maximum absolute atomic E-state index is 12.6. The molecule has 3 aliphatic rings. The van der Waals surface area contributed by atoms with Gasteiger partial charge in [-0.2, -0.15) is 0 Å². The summed E-state index contributed by atoms with van der Waals surface area (Å²) < 4.78 is 11.2. The molecule has 3 aliphatic heterocycles. The fourth-order valence-corrected chi connectivity index (χ4v) is 3.91. The van der Waals surface area contributed by atoms with Crippen LogP contribution in [-0.2, 0) is 0 Å². The summed E-state index contributed by atoms with van der Waals surface area (Å²) in [5, 5.41) is 2.99. The van der Waals surface area contributed by atoms with Gasteiger partial charge in [-0.3, -0.25) is 0 Å². The molecule has 1 N–H and O–H groups in total. The lowest BCUT2D eigenvalue weighted by Gasteiger charge is -2.36. The van der Waals surface area contributed by atoms with Gasteiger partial charge in [-0.05, 0) is 50.9 Å². The van der Waals surface area contributed by atoms with Crippen molar-refractivity contribution < 1.29 is 14.3 Å². The van der Waals surface area contributed by atoms with Crippen LogP contribution in [0.15, 0.2) is 18.2 Å². The molecule has 0 atom stereocenters. The average Bonchev–Trinajstić information content (AvgIpc) is 3.17. The van der Waals surface area contributed by atoms with Gasteiger partial charge in [0.2, 0.25) is 0 Å². The van der Waals surface area contributed by atoms with Crippen molar-refractivity contribution in [3.05, 3.63) is 18.2 Å². The lowest BCUT2D eigenvalue weighted by atomic mass is 10.0. The highest BCUT2D eigenvalue weighted by Crippen LogP contribution is 2.37. The summed E-state index contributed by atoms with van der Waals surface area (Å²) in [7, 11) is 0. The van der Waals surface area contributed by atoms with Gasteiger partial charge in [0, 0.05) is 19.1 Å². The SMILES string of the molecule is O=C(Nc1cccc2c1OCCO2)N1CCC(N2CCCC2)CC1. The van der Waals surface area contributed by atoms with Crippen molar-refractivity contribution in [2.24, 2.45) is 0 Å². The monoisotopic (exact) mass is 331 g/mol. The molecule has 3 heterocycles. The fourth-order valence-electron chi connectivity index (χ4n) is 3.91. The van der Waals surface area contributed by atoms with Crippen LogP contribution in [0.1, 0.15) is 25.7 Å². The largest absolute Gasteiger partial charge is 0.486 e. The van der Waals surface area contributed by atoms with Crippen LogP contribution in [0.3, 0.4) is 0 Å². The van der Waals surface area contributed by atoms with Crippen molar-refractivity contribution in [3.8, 4) is 11.5 Å². The van der Waals surface area contributed by atoms with Crippen LogP contribution in [0, 0.1) is 0 Å². The quantitative estimate of drug-likeness (QED) is 0.905. The summed E-state index contributed by atoms with van der Waals surface area (Å²) in [6.07, 6.45) is 4.78. The predicted molar refractivity (Wildman–Crippen MR) is 91.9 cm³/mol. The summed E-state index contributed by atoms with van der Waals surface area (Å²) in [5.74, 6) is 1.34. The molecule has 0 bridgehead atoms. The molecule has 1 aromatic rings. The highest BCUT2D eigenvalue weighted by Gasteiger charge is 2.28. The maximum atomic E-state index is 12.6. The number of hydrogen-bond acceptors (Lipinski definition) is 4. The molecule has 0 saturated carbocycles. The number of amides is 2. The lowest BCUT2D eigenvalue weighted by Crippen LogP contribution is -2.47. The molecule has 6 nitrogen and oxygen atoms in total. The molecule has 24 heavy (non-hydrogen) atoms. The Balaban J connectivity index is 1.35. The van der Waals surface area contributed by atoms with Crippen molar-refractivity contribution in [2.45, 2.75) is 31.7 Å². The molecule has 0 radical (unpaired) electrons. The third-order valence-electron chi connectivity index (χ3n) is 5.22. The zero-order chi connectivity index (χ0) is 16.4. The number of anilines is 1. The second-order valence-electron chi connectivity index (χ2n) is 6.72. The standard InChI is InChI=1S/C18H25N3O3/c22-18(19-15-4-3-5-16-17(15)24-13-12-23-16)21-10-6-14(7-11-21)20-8-1-2-9-20/h3-5,14H,1-2,6-13H2,(H,19,22). The van der Waals surface area contributed by atoms with E-state index in [2.05, 4.69) is 10.2 Å². The number of urea groups is 1. The van der Waals surface area contributed by atoms with E-state index in [-0.39, 0.29) is 6.03 Å². The minimum absolute atomic E-state index is 0.0440. The minimum Gasteiger partial charge on any atom is -0.486 e. The van der Waals surface area contributed by atoms with Crippen LogP contribution in [0.4, 0.5) is 10.5 Å². The number of fused-ring (bicyclic) bond motifs is 1. The Bertz CT molecular complexity index is 593. The molecule has 0 unspecified atom stereocenters. The van der Waals surface area contributed by atoms with E-state index in [1.807, 2.05) is 23.1 Å². The van der Waals surface area contributed by atoms with E-state index in [1.54, 1.807) is 0 Å². The Morgan fingerprint density at radius 3 is 2.58 bits per heavy atom. The molecule has 4 rings (SSSR count). The van der Waals surface area contributed by atoms with Gasteiger partial charge >= 0.3 is 6.03 Å². The summed E-state index contributed by atoms with van der Waals surface area (Å²) in [6, 6.07) is 6.21. The van der Waals surface area contributed by atoms with Crippen LogP contribution >= 0.6 is 0 Å². The number of benzene rings is 1. The third kappa shape index (κ3) is 3.15. The van der Waals surface area contributed by atoms with Crippen LogP contribution in [0.2, 0.25) is 0 Å². The smallest absolute Gasteiger partial charge is 0.321 e. The number of rotatable bonds is 2. The van der Waals surface area contributed by atoms with Gasteiger partial charge < -0.3 is 24.6 Å². The Hall–Kier alpha value is -1.95. The number of piperidine rings is 1. The summed E-state index contributed by atoms with van der Waals surface area (Å²) >= 11 is 0. The summed E-state index contributed by atoms with van der Waals surface area (Å²) in [4.78, 5) is 17.1. The van der Waals surface area contributed by atoms with E-state index < -0.39 is 0 Å². The molecular weight excluding hydrogens is 306 g/mol. The van der Waals surface area contributed by atoms with Crippen LogP contribution in [0.25, 0.3) is 0 Å². The molecule has 6 heteroatoms. The molecule has 2 saturated heterocycles. The highest BCUT2D eigenvalue weighted by atomic mass is 16.6. The summed E-state index contributed by atoms with van der Waals surface area (Å²) in [5.41, 5.74) is 0.693. The van der Waals surface area contributed by atoms with Crippen molar-refractivity contribution in [2.75, 3.05) is 44.7 Å². The summed E-state index contributed by atoms with van der Waals surface area (Å²) in [6.45, 7) is 5.16. The van der Waals surface area contributed by atoms with E-state index >= 15 is 0 Å². The van der Waals surface area contributed by atoms with Gasteiger partial charge in [-0.15, -0.1) is 0 Å². The number of ether oxygens (including phenoxy) is 2. The lowest BCUT2D eigenvalue weighted by molar-refractivity contribution is 0.140. The zero-order valence-electron chi connectivity index (χ0n) is 14.0. The molecule has 0 aromatic heterocycles. The zero-order valence-corrected chi connectivity index (χ0v) is 14.0. The Morgan fingerprint density at radius 1 is 1.04 bits per heavy atom. The van der Waals surface area contributed by atoms with Crippen LogP contribution in [0.5, 0.6) is 11.5 Å². The average molecular weight is 331 g/mol. The van der Waals surface area contributed by atoms with Gasteiger partial charge in [0.25, 0.3) is 0 Å². The number of para-hydroxylation sites is 1. The number of nitrogens with zero attached hydrogens (tertiary/aromatic N) is 2. The van der Waals surface area contributed by atoms with E-state index in [1.165, 1.54) is 25.9 Å². The number of likely N-dealkylation sites (tertiary alicyclic amines) is 2. The first-order valence-corrected chi connectivity index (χ1v) is 9.00. The van der Waals surface area contributed by atoms with Crippen molar-refractivity contribution in [3.63, 3.8) is 0 Å².